The van der Waals surface area contributed by atoms with Crippen LogP contribution in [0.25, 0.3) is 0 Å². The summed E-state index contributed by atoms with van der Waals surface area (Å²) >= 11 is 0. The van der Waals surface area contributed by atoms with Gasteiger partial charge in [0.25, 0.3) is 0 Å². The molecule has 0 aromatic carbocycles. The molecule has 0 heterocycles. The fourth-order valence-electron chi connectivity index (χ4n) is 1.31. The van der Waals surface area contributed by atoms with Crippen LogP contribution in [0.1, 0.15) is 65.7 Å². The van der Waals surface area contributed by atoms with E-state index in [2.05, 4.69) is 26.8 Å². The zero-order valence-corrected chi connectivity index (χ0v) is 9.03. The van der Waals surface area contributed by atoms with E-state index in [1.165, 1.54) is 44.9 Å². The fourth-order valence-corrected chi connectivity index (χ4v) is 1.31. The molecule has 72 valence electrons. The van der Waals surface area contributed by atoms with E-state index in [4.69, 9.17) is 0 Å². The topological polar surface area (TPSA) is 0 Å². The van der Waals surface area contributed by atoms with Gasteiger partial charge < -0.3 is 0 Å². The molecule has 0 atom stereocenters. The van der Waals surface area contributed by atoms with Crippen molar-refractivity contribution < 1.29 is 0 Å². The Balaban J connectivity index is 3.29. The summed E-state index contributed by atoms with van der Waals surface area (Å²) in [4.78, 5) is 0. The van der Waals surface area contributed by atoms with E-state index in [0.29, 0.717) is 0 Å². The van der Waals surface area contributed by atoms with Crippen LogP contribution in [-0.2, 0) is 0 Å². The minimum atomic E-state index is 1.29. The van der Waals surface area contributed by atoms with Crippen LogP contribution >= 0.6 is 0 Å². The highest BCUT2D eigenvalue weighted by molar-refractivity contribution is 4.97. The van der Waals surface area contributed by atoms with Gasteiger partial charge in [-0.2, -0.15) is 0 Å². The van der Waals surface area contributed by atoms with E-state index in [9.17, 15) is 0 Å². The lowest BCUT2D eigenvalue weighted by Gasteiger charge is -1.99. The van der Waals surface area contributed by atoms with Crippen LogP contribution in [-0.4, -0.2) is 0 Å². The molecule has 0 spiro atoms. The van der Waals surface area contributed by atoms with Gasteiger partial charge in [-0.15, -0.1) is 0 Å². The molecule has 0 fully saturated rings. The molecule has 0 unspecified atom stereocenters. The minimum absolute atomic E-state index is 1.29. The third-order valence-electron chi connectivity index (χ3n) is 2.23. The molecule has 0 saturated heterocycles. The van der Waals surface area contributed by atoms with Gasteiger partial charge >= 0.3 is 0 Å². The highest BCUT2D eigenvalue weighted by Crippen LogP contribution is 2.09. The number of rotatable bonds is 7. The lowest BCUT2D eigenvalue weighted by molar-refractivity contribution is 0.708. The molecule has 0 aromatic rings. The first-order valence-electron chi connectivity index (χ1n) is 5.46. The number of allylic oxidation sites excluding steroid dienone is 2. The summed E-state index contributed by atoms with van der Waals surface area (Å²) < 4.78 is 0. The molecular weight excluding hydrogens is 144 g/mol. The zero-order chi connectivity index (χ0) is 9.23. The number of hydrogen-bond donors (Lipinski definition) is 0. The van der Waals surface area contributed by atoms with E-state index < -0.39 is 0 Å². The van der Waals surface area contributed by atoms with Crippen molar-refractivity contribution in [2.45, 2.75) is 65.7 Å². The molecular formula is C12H24. The Morgan fingerprint density at radius 3 is 2.25 bits per heavy atom. The molecule has 0 aliphatic heterocycles. The largest absolute Gasteiger partial charge is 0.0856 e. The lowest BCUT2D eigenvalue weighted by Crippen LogP contribution is -1.79. The van der Waals surface area contributed by atoms with Gasteiger partial charge in [0.05, 0.1) is 0 Å². The molecule has 0 aliphatic rings. The Morgan fingerprint density at radius 1 is 1.00 bits per heavy atom. The second-order valence-electron chi connectivity index (χ2n) is 3.65. The number of unbranched alkanes of at least 4 members (excludes halogenated alkanes) is 4. The third kappa shape index (κ3) is 7.84. The first-order valence-corrected chi connectivity index (χ1v) is 5.46. The second-order valence-corrected chi connectivity index (χ2v) is 3.65. The fraction of sp³-hybridized carbons (Fsp3) is 0.833. The van der Waals surface area contributed by atoms with Gasteiger partial charge in [0.15, 0.2) is 0 Å². The molecule has 0 rings (SSSR count). The molecule has 0 aromatic heterocycles. The normalized spacial score (nSPS) is 12.1. The smallest absolute Gasteiger partial charge is 0.0323 e. The average Bonchev–Trinajstić information content (AvgIpc) is 2.06. The Labute approximate surface area is 78.1 Å². The molecule has 0 saturated carbocycles. The Hall–Kier alpha value is -0.260. The van der Waals surface area contributed by atoms with E-state index >= 15 is 0 Å². The van der Waals surface area contributed by atoms with Crippen molar-refractivity contribution in [3.05, 3.63) is 11.6 Å². The second kappa shape index (κ2) is 8.83. The Morgan fingerprint density at radius 2 is 1.67 bits per heavy atom. The van der Waals surface area contributed by atoms with E-state index in [-0.39, 0.29) is 0 Å². The first kappa shape index (κ1) is 11.7. The van der Waals surface area contributed by atoms with Gasteiger partial charge in [-0.3, -0.25) is 0 Å². The predicted octanol–water partition coefficient (Wildman–Crippen LogP) is 4.70. The van der Waals surface area contributed by atoms with Crippen LogP contribution in [0.4, 0.5) is 0 Å². The monoisotopic (exact) mass is 168 g/mol. The maximum Gasteiger partial charge on any atom is -0.0323 e. The van der Waals surface area contributed by atoms with Crippen molar-refractivity contribution in [1.29, 1.82) is 0 Å². The Bertz CT molecular complexity index is 111. The highest BCUT2D eigenvalue weighted by Gasteiger charge is 1.89. The SMILES string of the molecule is CCCC/C=C(\C)CCCCC. The quantitative estimate of drug-likeness (QED) is 0.382. The molecule has 0 N–H and O–H groups in total. The molecule has 12 heavy (non-hydrogen) atoms. The minimum Gasteiger partial charge on any atom is -0.0856 e. The molecule has 0 bridgehead atoms. The predicted molar refractivity (Wildman–Crippen MR) is 57.4 cm³/mol. The van der Waals surface area contributed by atoms with Crippen LogP contribution < -0.4 is 0 Å². The standard InChI is InChI=1S/C12H24/c1-4-6-8-10-12(3)11-9-7-5-2/h10H,4-9,11H2,1-3H3/b12-10+. The summed E-state index contributed by atoms with van der Waals surface area (Å²) in [6.07, 6.45) is 11.8. The first-order chi connectivity index (χ1) is 5.81. The maximum atomic E-state index is 2.42. The van der Waals surface area contributed by atoms with Crippen LogP contribution in [0.2, 0.25) is 0 Å². The third-order valence-corrected chi connectivity index (χ3v) is 2.23. The van der Waals surface area contributed by atoms with Crippen molar-refractivity contribution in [3.8, 4) is 0 Å². The van der Waals surface area contributed by atoms with E-state index in [1.807, 2.05) is 0 Å². The summed E-state index contributed by atoms with van der Waals surface area (Å²) in [6, 6.07) is 0. The van der Waals surface area contributed by atoms with Gasteiger partial charge in [-0.25, -0.2) is 0 Å². The van der Waals surface area contributed by atoms with Gasteiger partial charge in [-0.1, -0.05) is 51.2 Å². The maximum absolute atomic E-state index is 2.42. The van der Waals surface area contributed by atoms with Gasteiger partial charge in [0.2, 0.25) is 0 Å². The molecule has 0 nitrogen and oxygen atoms in total. The molecule has 0 heteroatoms. The van der Waals surface area contributed by atoms with Crippen LogP contribution in [0.3, 0.4) is 0 Å². The van der Waals surface area contributed by atoms with Gasteiger partial charge in [0.1, 0.15) is 0 Å². The average molecular weight is 168 g/mol. The summed E-state index contributed by atoms with van der Waals surface area (Å²) in [5.74, 6) is 0. The van der Waals surface area contributed by atoms with Crippen molar-refractivity contribution in [3.63, 3.8) is 0 Å². The summed E-state index contributed by atoms with van der Waals surface area (Å²) in [5, 5.41) is 0. The van der Waals surface area contributed by atoms with Crippen molar-refractivity contribution in [2.24, 2.45) is 0 Å². The molecule has 0 radical (unpaired) electrons. The van der Waals surface area contributed by atoms with Crippen molar-refractivity contribution in [1.82, 2.24) is 0 Å². The van der Waals surface area contributed by atoms with Crippen LogP contribution in [0, 0.1) is 0 Å². The number of hydrogen-bond acceptors (Lipinski definition) is 0. The summed E-state index contributed by atoms with van der Waals surface area (Å²) in [7, 11) is 0. The summed E-state index contributed by atoms with van der Waals surface area (Å²) in [6.45, 7) is 6.78. The van der Waals surface area contributed by atoms with Crippen molar-refractivity contribution in [2.75, 3.05) is 0 Å². The van der Waals surface area contributed by atoms with Crippen LogP contribution in [0.15, 0.2) is 11.6 Å². The zero-order valence-electron chi connectivity index (χ0n) is 9.03. The molecule has 0 aliphatic carbocycles. The highest BCUT2D eigenvalue weighted by atomic mass is 14.0. The Kier molecular flexibility index (Phi) is 8.64. The van der Waals surface area contributed by atoms with E-state index in [0.717, 1.165) is 0 Å². The van der Waals surface area contributed by atoms with E-state index in [1.54, 1.807) is 5.57 Å². The van der Waals surface area contributed by atoms with Gasteiger partial charge in [-0.05, 0) is 26.2 Å². The van der Waals surface area contributed by atoms with Crippen LogP contribution in [0.5, 0.6) is 0 Å². The molecule has 0 amide bonds. The van der Waals surface area contributed by atoms with Crippen molar-refractivity contribution >= 4 is 0 Å². The summed E-state index contributed by atoms with van der Waals surface area (Å²) in [5.41, 5.74) is 1.59. The van der Waals surface area contributed by atoms with Gasteiger partial charge in [0, 0.05) is 0 Å². The lowest BCUT2D eigenvalue weighted by atomic mass is 10.1.